The molecular formula is C17H30N2O5. The predicted molar refractivity (Wildman–Crippen MR) is 91.4 cm³/mol. The van der Waals surface area contributed by atoms with Gasteiger partial charge in [0.2, 0.25) is 11.8 Å². The number of carbonyl (C=O) groups excluding carboxylic acids is 2. The minimum absolute atomic E-state index is 0.0415. The molecule has 0 aliphatic heterocycles. The van der Waals surface area contributed by atoms with Crippen LogP contribution >= 0.6 is 0 Å². The molecule has 0 aromatic rings. The Morgan fingerprint density at radius 2 is 1.75 bits per heavy atom. The molecule has 0 rings (SSSR count). The van der Waals surface area contributed by atoms with Crippen LogP contribution in [0.15, 0.2) is 0 Å². The maximum Gasteiger partial charge on any atom is 0.220 e. The van der Waals surface area contributed by atoms with Crippen LogP contribution in [0.3, 0.4) is 0 Å². The first-order chi connectivity index (χ1) is 11.6. The highest BCUT2D eigenvalue weighted by Crippen LogP contribution is 1.97. The van der Waals surface area contributed by atoms with E-state index < -0.39 is 0 Å². The van der Waals surface area contributed by atoms with Gasteiger partial charge in [-0.05, 0) is 19.3 Å². The maximum absolute atomic E-state index is 11.6. The zero-order valence-corrected chi connectivity index (χ0v) is 14.8. The fourth-order valence-electron chi connectivity index (χ4n) is 1.88. The second-order valence-corrected chi connectivity index (χ2v) is 5.28. The van der Waals surface area contributed by atoms with E-state index in [9.17, 15) is 9.59 Å². The zero-order valence-electron chi connectivity index (χ0n) is 14.8. The van der Waals surface area contributed by atoms with E-state index in [-0.39, 0.29) is 24.5 Å². The third-order valence-electron chi connectivity index (χ3n) is 3.22. The van der Waals surface area contributed by atoms with E-state index in [2.05, 4.69) is 16.6 Å². The summed E-state index contributed by atoms with van der Waals surface area (Å²) in [5.41, 5.74) is 0. The SMILES string of the molecule is C#CCNC(=O)CCCC(=O)NCCCCOCC(COC)OC. The van der Waals surface area contributed by atoms with Crippen molar-refractivity contribution in [3.05, 3.63) is 0 Å². The summed E-state index contributed by atoms with van der Waals surface area (Å²) in [6, 6.07) is 0. The van der Waals surface area contributed by atoms with Gasteiger partial charge in [-0.1, -0.05) is 5.92 Å². The molecule has 2 amide bonds. The van der Waals surface area contributed by atoms with E-state index in [1.165, 1.54) is 0 Å². The second-order valence-electron chi connectivity index (χ2n) is 5.28. The maximum atomic E-state index is 11.6. The molecule has 0 heterocycles. The number of rotatable bonds is 15. The summed E-state index contributed by atoms with van der Waals surface area (Å²) < 4.78 is 15.7. The average molecular weight is 342 g/mol. The zero-order chi connectivity index (χ0) is 18.0. The highest BCUT2D eigenvalue weighted by Gasteiger charge is 2.06. The first kappa shape index (κ1) is 22.4. The molecule has 0 aliphatic carbocycles. The van der Waals surface area contributed by atoms with E-state index in [4.69, 9.17) is 20.6 Å². The van der Waals surface area contributed by atoms with Crippen LogP contribution in [0.4, 0.5) is 0 Å². The van der Waals surface area contributed by atoms with Crippen LogP contribution in [0.2, 0.25) is 0 Å². The Labute approximate surface area is 144 Å². The molecule has 1 atom stereocenters. The van der Waals surface area contributed by atoms with Crippen LogP contribution in [0.5, 0.6) is 0 Å². The topological polar surface area (TPSA) is 85.9 Å². The number of amides is 2. The highest BCUT2D eigenvalue weighted by atomic mass is 16.5. The molecule has 0 saturated heterocycles. The lowest BCUT2D eigenvalue weighted by atomic mass is 10.2. The summed E-state index contributed by atoms with van der Waals surface area (Å²) >= 11 is 0. The molecule has 0 aromatic heterocycles. The van der Waals surface area contributed by atoms with Crippen LogP contribution < -0.4 is 10.6 Å². The van der Waals surface area contributed by atoms with Crippen molar-refractivity contribution in [1.29, 1.82) is 0 Å². The third-order valence-corrected chi connectivity index (χ3v) is 3.22. The van der Waals surface area contributed by atoms with Crippen molar-refractivity contribution in [1.82, 2.24) is 10.6 Å². The molecule has 0 radical (unpaired) electrons. The van der Waals surface area contributed by atoms with Crippen molar-refractivity contribution in [2.45, 2.75) is 38.2 Å². The Morgan fingerprint density at radius 3 is 2.38 bits per heavy atom. The lowest BCUT2D eigenvalue weighted by Gasteiger charge is -2.14. The summed E-state index contributed by atoms with van der Waals surface area (Å²) in [5.74, 6) is 2.16. The molecule has 138 valence electrons. The van der Waals surface area contributed by atoms with Crippen LogP contribution in [-0.4, -0.2) is 65.0 Å². The molecule has 24 heavy (non-hydrogen) atoms. The molecule has 0 saturated carbocycles. The highest BCUT2D eigenvalue weighted by molar-refractivity contribution is 5.78. The van der Waals surface area contributed by atoms with E-state index in [0.29, 0.717) is 45.6 Å². The lowest BCUT2D eigenvalue weighted by Crippen LogP contribution is -2.26. The quantitative estimate of drug-likeness (QED) is 0.334. The standard InChI is InChI=1S/C17H30N2O5/c1-4-10-18-16(20)8-7-9-17(21)19-11-5-6-12-24-14-15(23-3)13-22-2/h1,15H,5-14H2,2-3H3,(H,18,20)(H,19,21). The van der Waals surface area contributed by atoms with Crippen molar-refractivity contribution in [2.75, 3.05) is 47.1 Å². The lowest BCUT2D eigenvalue weighted by molar-refractivity contribution is -0.122. The number of terminal acetylenes is 1. The number of ether oxygens (including phenoxy) is 3. The Kier molecular flexibility index (Phi) is 15.1. The van der Waals surface area contributed by atoms with Crippen molar-refractivity contribution in [2.24, 2.45) is 0 Å². The number of methoxy groups -OCH3 is 2. The molecular weight excluding hydrogens is 312 g/mol. The monoisotopic (exact) mass is 342 g/mol. The largest absolute Gasteiger partial charge is 0.382 e. The van der Waals surface area contributed by atoms with E-state index in [0.717, 1.165) is 12.8 Å². The summed E-state index contributed by atoms with van der Waals surface area (Å²) in [7, 11) is 3.25. The average Bonchev–Trinajstić information content (AvgIpc) is 2.58. The van der Waals surface area contributed by atoms with Crippen LogP contribution in [0, 0.1) is 12.3 Å². The van der Waals surface area contributed by atoms with Gasteiger partial charge in [-0.25, -0.2) is 0 Å². The van der Waals surface area contributed by atoms with Crippen LogP contribution in [0.25, 0.3) is 0 Å². The van der Waals surface area contributed by atoms with Crippen molar-refractivity contribution in [3.8, 4) is 12.3 Å². The van der Waals surface area contributed by atoms with Crippen LogP contribution in [-0.2, 0) is 23.8 Å². The van der Waals surface area contributed by atoms with Gasteiger partial charge in [-0.15, -0.1) is 6.42 Å². The number of hydrogen-bond donors (Lipinski definition) is 2. The van der Waals surface area contributed by atoms with Crippen LogP contribution in [0.1, 0.15) is 32.1 Å². The molecule has 0 aliphatic rings. The third kappa shape index (κ3) is 14.0. The smallest absolute Gasteiger partial charge is 0.220 e. The van der Waals surface area contributed by atoms with Gasteiger partial charge in [0.05, 0.1) is 19.8 Å². The molecule has 0 bridgehead atoms. The fourth-order valence-corrected chi connectivity index (χ4v) is 1.88. The van der Waals surface area contributed by atoms with Gasteiger partial charge in [0.15, 0.2) is 0 Å². The Bertz CT molecular complexity index is 382. The van der Waals surface area contributed by atoms with Gasteiger partial charge in [0.25, 0.3) is 0 Å². The molecule has 2 N–H and O–H groups in total. The molecule has 0 spiro atoms. The predicted octanol–water partition coefficient (Wildman–Crippen LogP) is 0.481. The summed E-state index contributed by atoms with van der Waals surface area (Å²) in [4.78, 5) is 22.9. The van der Waals surface area contributed by atoms with Gasteiger partial charge >= 0.3 is 0 Å². The molecule has 0 aromatic carbocycles. The minimum Gasteiger partial charge on any atom is -0.382 e. The molecule has 1 unspecified atom stereocenters. The van der Waals surface area contributed by atoms with Gasteiger partial charge in [0, 0.05) is 40.2 Å². The number of unbranched alkanes of at least 4 members (excludes halogenated alkanes) is 1. The Balaban J connectivity index is 3.43. The Hall–Kier alpha value is -1.62. The van der Waals surface area contributed by atoms with Crippen molar-refractivity contribution >= 4 is 11.8 Å². The van der Waals surface area contributed by atoms with E-state index in [1.54, 1.807) is 14.2 Å². The number of nitrogens with one attached hydrogen (secondary N) is 2. The van der Waals surface area contributed by atoms with E-state index >= 15 is 0 Å². The summed E-state index contributed by atoms with van der Waals surface area (Å²) in [5, 5.41) is 5.39. The van der Waals surface area contributed by atoms with Gasteiger partial charge < -0.3 is 24.8 Å². The number of carbonyl (C=O) groups is 2. The summed E-state index contributed by atoms with van der Waals surface area (Å²) in [6.07, 6.45) is 7.86. The van der Waals surface area contributed by atoms with Gasteiger partial charge in [0.1, 0.15) is 6.10 Å². The summed E-state index contributed by atoms with van der Waals surface area (Å²) in [6.45, 7) is 2.46. The minimum atomic E-state index is -0.124. The molecule has 0 fully saturated rings. The normalized spacial score (nSPS) is 11.5. The second kappa shape index (κ2) is 16.2. The first-order valence-electron chi connectivity index (χ1n) is 8.20. The van der Waals surface area contributed by atoms with Gasteiger partial charge in [-0.2, -0.15) is 0 Å². The Morgan fingerprint density at radius 1 is 1.04 bits per heavy atom. The number of hydrogen-bond acceptors (Lipinski definition) is 5. The first-order valence-corrected chi connectivity index (χ1v) is 8.20. The molecule has 7 heteroatoms. The van der Waals surface area contributed by atoms with Crippen molar-refractivity contribution in [3.63, 3.8) is 0 Å². The molecule has 7 nitrogen and oxygen atoms in total. The fraction of sp³-hybridized carbons (Fsp3) is 0.765. The van der Waals surface area contributed by atoms with E-state index in [1.807, 2.05) is 0 Å². The van der Waals surface area contributed by atoms with Gasteiger partial charge in [-0.3, -0.25) is 9.59 Å². The van der Waals surface area contributed by atoms with Crippen molar-refractivity contribution < 1.29 is 23.8 Å².